The minimum Gasteiger partial charge on any atom is -0.338 e. The van der Waals surface area contributed by atoms with Crippen molar-refractivity contribution in [1.29, 1.82) is 5.26 Å². The maximum absolute atomic E-state index is 12.3. The number of hydrogen-bond donors (Lipinski definition) is 2. The number of carbonyl (C=O) groups excluding carboxylic acids is 1. The molecule has 0 aromatic carbocycles. The number of anilines is 1. The van der Waals surface area contributed by atoms with Crippen molar-refractivity contribution in [2.24, 2.45) is 11.8 Å². The van der Waals surface area contributed by atoms with E-state index in [1.54, 1.807) is 24.1 Å². The van der Waals surface area contributed by atoms with Crippen LogP contribution in [0.15, 0.2) is 18.5 Å². The Balaban J connectivity index is 2.93. The zero-order valence-electron chi connectivity index (χ0n) is 10.6. The summed E-state index contributed by atoms with van der Waals surface area (Å²) in [7, 11) is 0. The van der Waals surface area contributed by atoms with E-state index in [-0.39, 0.29) is 11.8 Å². The monoisotopic (exact) mass is 247 g/mol. The number of carbonyl (C=O) groups is 1. The average molecular weight is 247 g/mol. The lowest BCUT2D eigenvalue weighted by Crippen LogP contribution is -2.35. The Kier molecular flexibility index (Phi) is 5.08. The number of aromatic nitrogens is 1. The first kappa shape index (κ1) is 13.9. The van der Waals surface area contributed by atoms with Gasteiger partial charge >= 0.3 is 0 Å². The Bertz CT molecular complexity index is 454. The Hall–Kier alpha value is -2.13. The van der Waals surface area contributed by atoms with E-state index in [0.29, 0.717) is 24.3 Å². The van der Waals surface area contributed by atoms with Gasteiger partial charge in [0.2, 0.25) is 0 Å². The normalized spacial score (nSPS) is 11.4. The molecule has 0 spiro atoms. The molecule has 18 heavy (non-hydrogen) atoms. The molecule has 1 amide bonds. The number of nitrogens with one attached hydrogen (secondary N) is 1. The van der Waals surface area contributed by atoms with Gasteiger partial charge in [0.15, 0.2) is 0 Å². The van der Waals surface area contributed by atoms with Crippen LogP contribution in [0.3, 0.4) is 0 Å². The molecule has 96 valence electrons. The van der Waals surface area contributed by atoms with Gasteiger partial charge < -0.3 is 10.3 Å². The third kappa shape index (κ3) is 3.18. The van der Waals surface area contributed by atoms with Crippen molar-refractivity contribution in [3.63, 3.8) is 0 Å². The highest BCUT2D eigenvalue weighted by molar-refractivity contribution is 5.99. The molecule has 0 radical (unpaired) electrons. The Labute approximate surface area is 106 Å². The number of nitriles is 1. The number of hydrazine groups is 1. The van der Waals surface area contributed by atoms with E-state index >= 15 is 0 Å². The minimum atomic E-state index is -0.208. The molecule has 0 aliphatic carbocycles. The SMILES string of the molecule is CCN(CC(C)C#N)C(=O)c1cnccc1NN. The summed E-state index contributed by atoms with van der Waals surface area (Å²) in [6.45, 7) is 4.57. The molecule has 0 bridgehead atoms. The molecule has 1 aromatic heterocycles. The summed E-state index contributed by atoms with van der Waals surface area (Å²) in [5, 5.41) is 8.80. The lowest BCUT2D eigenvalue weighted by Gasteiger charge is -2.22. The van der Waals surface area contributed by atoms with Gasteiger partial charge in [-0.1, -0.05) is 0 Å². The summed E-state index contributed by atoms with van der Waals surface area (Å²) in [6.07, 6.45) is 3.03. The quantitative estimate of drug-likeness (QED) is 0.597. The molecule has 6 heteroatoms. The van der Waals surface area contributed by atoms with Gasteiger partial charge in [-0.2, -0.15) is 5.26 Å². The van der Waals surface area contributed by atoms with Crippen LogP contribution in [0, 0.1) is 17.2 Å². The van der Waals surface area contributed by atoms with Gasteiger partial charge in [0, 0.05) is 25.5 Å². The van der Waals surface area contributed by atoms with E-state index in [1.165, 1.54) is 6.20 Å². The van der Waals surface area contributed by atoms with E-state index in [9.17, 15) is 4.79 Å². The van der Waals surface area contributed by atoms with Crippen LogP contribution in [-0.2, 0) is 0 Å². The highest BCUT2D eigenvalue weighted by atomic mass is 16.2. The highest BCUT2D eigenvalue weighted by Gasteiger charge is 2.19. The zero-order valence-corrected chi connectivity index (χ0v) is 10.6. The van der Waals surface area contributed by atoms with Crippen molar-refractivity contribution >= 4 is 11.6 Å². The van der Waals surface area contributed by atoms with Crippen LogP contribution in [0.25, 0.3) is 0 Å². The molecular weight excluding hydrogens is 230 g/mol. The first-order chi connectivity index (χ1) is 8.63. The second kappa shape index (κ2) is 6.57. The standard InChI is InChI=1S/C12H17N5O/c1-3-17(8-9(2)6-13)12(18)10-7-15-5-4-11(10)16-14/h4-5,7,9H,3,8,14H2,1-2H3,(H,15,16). The lowest BCUT2D eigenvalue weighted by atomic mass is 10.1. The molecule has 1 rings (SSSR count). The third-order valence-electron chi connectivity index (χ3n) is 2.59. The van der Waals surface area contributed by atoms with Crippen molar-refractivity contribution < 1.29 is 4.79 Å². The second-order valence-corrected chi connectivity index (χ2v) is 3.94. The summed E-state index contributed by atoms with van der Waals surface area (Å²) < 4.78 is 0. The number of nitrogens with two attached hydrogens (primary N) is 1. The fourth-order valence-corrected chi connectivity index (χ4v) is 1.59. The van der Waals surface area contributed by atoms with E-state index in [0.717, 1.165) is 0 Å². The number of pyridine rings is 1. The lowest BCUT2D eigenvalue weighted by molar-refractivity contribution is 0.0753. The van der Waals surface area contributed by atoms with Gasteiger partial charge in [0.1, 0.15) is 0 Å². The number of rotatable bonds is 5. The van der Waals surface area contributed by atoms with E-state index in [2.05, 4.69) is 16.5 Å². The van der Waals surface area contributed by atoms with Gasteiger partial charge in [-0.15, -0.1) is 0 Å². The van der Waals surface area contributed by atoms with Gasteiger partial charge in [-0.05, 0) is 19.9 Å². The summed E-state index contributed by atoms with van der Waals surface area (Å²) >= 11 is 0. The molecule has 1 atom stereocenters. The number of hydrogen-bond acceptors (Lipinski definition) is 5. The first-order valence-electron chi connectivity index (χ1n) is 5.73. The van der Waals surface area contributed by atoms with Crippen LogP contribution in [0.5, 0.6) is 0 Å². The van der Waals surface area contributed by atoms with Gasteiger partial charge in [-0.25, -0.2) is 0 Å². The smallest absolute Gasteiger partial charge is 0.257 e. The van der Waals surface area contributed by atoms with Crippen molar-refractivity contribution in [2.75, 3.05) is 18.5 Å². The number of amides is 1. The van der Waals surface area contributed by atoms with Gasteiger partial charge in [0.05, 0.1) is 23.2 Å². The maximum atomic E-state index is 12.3. The molecule has 0 aliphatic rings. The fourth-order valence-electron chi connectivity index (χ4n) is 1.59. The topological polar surface area (TPSA) is 95.0 Å². The predicted octanol–water partition coefficient (Wildman–Crippen LogP) is 0.989. The number of nitrogen functional groups attached to an aromatic ring is 1. The number of nitrogens with zero attached hydrogens (tertiary/aromatic N) is 3. The van der Waals surface area contributed by atoms with Crippen molar-refractivity contribution in [3.8, 4) is 6.07 Å². The van der Waals surface area contributed by atoms with Crippen LogP contribution in [0.1, 0.15) is 24.2 Å². The van der Waals surface area contributed by atoms with Crippen LogP contribution in [0.2, 0.25) is 0 Å². The van der Waals surface area contributed by atoms with Crippen LogP contribution in [-0.4, -0.2) is 28.9 Å². The highest BCUT2D eigenvalue weighted by Crippen LogP contribution is 2.15. The van der Waals surface area contributed by atoms with Crippen LogP contribution < -0.4 is 11.3 Å². The summed E-state index contributed by atoms with van der Waals surface area (Å²) in [5.41, 5.74) is 3.41. The largest absolute Gasteiger partial charge is 0.338 e. The minimum absolute atomic E-state index is 0.180. The van der Waals surface area contributed by atoms with Crippen molar-refractivity contribution in [2.45, 2.75) is 13.8 Å². The van der Waals surface area contributed by atoms with Crippen LogP contribution >= 0.6 is 0 Å². The average Bonchev–Trinajstić information content (AvgIpc) is 2.43. The molecule has 1 heterocycles. The predicted molar refractivity (Wildman–Crippen MR) is 68.4 cm³/mol. The molecule has 0 saturated heterocycles. The molecular formula is C12H17N5O. The maximum Gasteiger partial charge on any atom is 0.257 e. The zero-order chi connectivity index (χ0) is 13.5. The third-order valence-corrected chi connectivity index (χ3v) is 2.59. The van der Waals surface area contributed by atoms with Crippen molar-refractivity contribution in [1.82, 2.24) is 9.88 Å². The van der Waals surface area contributed by atoms with E-state index < -0.39 is 0 Å². The molecule has 0 saturated carbocycles. The fraction of sp³-hybridized carbons (Fsp3) is 0.417. The summed E-state index contributed by atoms with van der Waals surface area (Å²) in [4.78, 5) is 17.8. The van der Waals surface area contributed by atoms with Crippen LogP contribution in [0.4, 0.5) is 5.69 Å². The van der Waals surface area contributed by atoms with E-state index in [4.69, 9.17) is 11.1 Å². The van der Waals surface area contributed by atoms with E-state index in [1.807, 2.05) is 6.92 Å². The molecule has 6 nitrogen and oxygen atoms in total. The second-order valence-electron chi connectivity index (χ2n) is 3.94. The Morgan fingerprint density at radius 3 is 3.00 bits per heavy atom. The summed E-state index contributed by atoms with van der Waals surface area (Å²) in [5.74, 6) is 4.97. The molecule has 1 unspecified atom stereocenters. The first-order valence-corrected chi connectivity index (χ1v) is 5.73. The van der Waals surface area contributed by atoms with Gasteiger partial charge in [-0.3, -0.25) is 15.6 Å². The molecule has 1 aromatic rings. The molecule has 0 aliphatic heterocycles. The Morgan fingerprint density at radius 2 is 2.44 bits per heavy atom. The molecule has 3 N–H and O–H groups in total. The molecule has 0 fully saturated rings. The summed E-state index contributed by atoms with van der Waals surface area (Å²) in [6, 6.07) is 3.75. The van der Waals surface area contributed by atoms with Crippen molar-refractivity contribution in [3.05, 3.63) is 24.0 Å². The Morgan fingerprint density at radius 1 is 1.72 bits per heavy atom. The van der Waals surface area contributed by atoms with Gasteiger partial charge in [0.25, 0.3) is 5.91 Å².